The highest BCUT2D eigenvalue weighted by atomic mass is 19.1. The van der Waals surface area contributed by atoms with Crippen LogP contribution in [-0.4, -0.2) is 48.3 Å². The lowest BCUT2D eigenvalue weighted by molar-refractivity contribution is -0.122. The van der Waals surface area contributed by atoms with E-state index in [1.165, 1.54) is 30.6 Å². The zero-order valence-corrected chi connectivity index (χ0v) is 13.8. The number of benzene rings is 1. The highest BCUT2D eigenvalue weighted by molar-refractivity contribution is 5.93. The van der Waals surface area contributed by atoms with E-state index in [-0.39, 0.29) is 11.7 Å². The first-order valence-electron chi connectivity index (χ1n) is 7.99. The van der Waals surface area contributed by atoms with Crippen LogP contribution in [0.3, 0.4) is 0 Å². The third kappa shape index (κ3) is 4.63. The molecule has 1 amide bonds. The number of morpholine rings is 1. The SMILES string of the molecule is C[C@@H](Oc1ccc(F)cc1)C(=O)Nc1cc(N2CCOCC2)ncn1. The molecular weight excluding hydrogens is 327 g/mol. The van der Waals surface area contributed by atoms with Gasteiger partial charge in [-0.05, 0) is 31.2 Å². The van der Waals surface area contributed by atoms with Crippen molar-refractivity contribution < 1.29 is 18.7 Å². The molecule has 2 heterocycles. The summed E-state index contributed by atoms with van der Waals surface area (Å²) in [5.41, 5.74) is 0. The van der Waals surface area contributed by atoms with Crippen LogP contribution in [0.1, 0.15) is 6.92 Å². The van der Waals surface area contributed by atoms with Crippen LogP contribution in [0.4, 0.5) is 16.0 Å². The van der Waals surface area contributed by atoms with E-state index >= 15 is 0 Å². The number of halogens is 1. The summed E-state index contributed by atoms with van der Waals surface area (Å²) in [5, 5.41) is 2.71. The molecule has 0 aliphatic carbocycles. The lowest BCUT2D eigenvalue weighted by Gasteiger charge is -2.27. The number of amides is 1. The van der Waals surface area contributed by atoms with Gasteiger partial charge < -0.3 is 19.7 Å². The molecule has 25 heavy (non-hydrogen) atoms. The summed E-state index contributed by atoms with van der Waals surface area (Å²) in [6.45, 7) is 4.40. The number of hydrogen-bond acceptors (Lipinski definition) is 6. The van der Waals surface area contributed by atoms with Gasteiger partial charge in [0.1, 0.15) is 29.5 Å². The van der Waals surface area contributed by atoms with E-state index < -0.39 is 6.10 Å². The summed E-state index contributed by atoms with van der Waals surface area (Å²) in [6, 6.07) is 7.21. The van der Waals surface area contributed by atoms with E-state index in [1.807, 2.05) is 0 Å². The van der Waals surface area contributed by atoms with Crippen LogP contribution in [0.25, 0.3) is 0 Å². The van der Waals surface area contributed by atoms with Crippen LogP contribution in [0.5, 0.6) is 5.75 Å². The van der Waals surface area contributed by atoms with E-state index in [2.05, 4.69) is 20.2 Å². The minimum atomic E-state index is -0.757. The van der Waals surface area contributed by atoms with Gasteiger partial charge in [0.2, 0.25) is 0 Å². The predicted molar refractivity (Wildman–Crippen MR) is 90.2 cm³/mol. The molecule has 1 fully saturated rings. The van der Waals surface area contributed by atoms with Crippen molar-refractivity contribution in [2.24, 2.45) is 0 Å². The average Bonchev–Trinajstić information content (AvgIpc) is 2.64. The molecule has 0 radical (unpaired) electrons. The zero-order valence-electron chi connectivity index (χ0n) is 13.8. The van der Waals surface area contributed by atoms with Crippen molar-refractivity contribution in [3.8, 4) is 5.75 Å². The van der Waals surface area contributed by atoms with E-state index in [9.17, 15) is 9.18 Å². The van der Waals surface area contributed by atoms with Crippen LogP contribution in [0.2, 0.25) is 0 Å². The number of anilines is 2. The van der Waals surface area contributed by atoms with Gasteiger partial charge in [-0.15, -0.1) is 0 Å². The standard InChI is InChI=1S/C17H19FN4O3/c1-12(25-14-4-2-13(18)3-5-14)17(23)21-15-10-16(20-11-19-15)22-6-8-24-9-7-22/h2-5,10-12H,6-9H2,1H3,(H,19,20,21,23)/t12-/m1/s1. The van der Waals surface area contributed by atoms with Gasteiger partial charge >= 0.3 is 0 Å². The van der Waals surface area contributed by atoms with Gasteiger partial charge in [-0.1, -0.05) is 0 Å². The third-order valence-electron chi connectivity index (χ3n) is 3.73. The van der Waals surface area contributed by atoms with Crippen molar-refractivity contribution in [3.63, 3.8) is 0 Å². The van der Waals surface area contributed by atoms with Crippen molar-refractivity contribution in [2.45, 2.75) is 13.0 Å². The fourth-order valence-corrected chi connectivity index (χ4v) is 2.38. The number of nitrogens with one attached hydrogen (secondary N) is 1. The summed E-state index contributed by atoms with van der Waals surface area (Å²) in [7, 11) is 0. The van der Waals surface area contributed by atoms with Crippen LogP contribution in [-0.2, 0) is 9.53 Å². The predicted octanol–water partition coefficient (Wildman–Crippen LogP) is 1.86. The molecule has 1 aromatic heterocycles. The summed E-state index contributed by atoms with van der Waals surface area (Å²) in [6.07, 6.45) is 0.651. The molecule has 3 rings (SSSR count). The highest BCUT2D eigenvalue weighted by Gasteiger charge is 2.17. The number of carbonyl (C=O) groups excluding carboxylic acids is 1. The Balaban J connectivity index is 1.60. The third-order valence-corrected chi connectivity index (χ3v) is 3.73. The van der Waals surface area contributed by atoms with Crippen molar-refractivity contribution in [1.29, 1.82) is 0 Å². The van der Waals surface area contributed by atoms with Crippen molar-refractivity contribution in [2.75, 3.05) is 36.5 Å². The Morgan fingerprint density at radius 3 is 2.72 bits per heavy atom. The Kier molecular flexibility index (Phi) is 5.39. The summed E-state index contributed by atoms with van der Waals surface area (Å²) in [4.78, 5) is 22.6. The zero-order chi connectivity index (χ0) is 17.6. The number of rotatable bonds is 5. The number of ether oxygens (including phenoxy) is 2. The normalized spacial score (nSPS) is 15.5. The molecule has 132 valence electrons. The smallest absolute Gasteiger partial charge is 0.266 e. The molecule has 1 aliphatic rings. The van der Waals surface area contributed by atoms with Gasteiger partial charge in [-0.2, -0.15) is 0 Å². The average molecular weight is 346 g/mol. The Labute approximate surface area is 144 Å². The lowest BCUT2D eigenvalue weighted by Crippen LogP contribution is -2.37. The molecule has 0 spiro atoms. The van der Waals surface area contributed by atoms with E-state index in [1.54, 1.807) is 13.0 Å². The molecule has 1 aliphatic heterocycles. The van der Waals surface area contributed by atoms with Crippen molar-refractivity contribution >= 4 is 17.5 Å². The molecule has 1 aromatic carbocycles. The van der Waals surface area contributed by atoms with E-state index in [4.69, 9.17) is 9.47 Å². The van der Waals surface area contributed by atoms with Crippen LogP contribution in [0, 0.1) is 5.82 Å². The molecule has 1 N–H and O–H groups in total. The monoisotopic (exact) mass is 346 g/mol. The van der Waals surface area contributed by atoms with E-state index in [0.717, 1.165) is 18.9 Å². The van der Waals surface area contributed by atoms with E-state index in [0.29, 0.717) is 24.8 Å². The first-order chi connectivity index (χ1) is 12.1. The molecule has 0 saturated carbocycles. The topological polar surface area (TPSA) is 76.6 Å². The molecule has 0 bridgehead atoms. The van der Waals surface area contributed by atoms with Gasteiger partial charge in [0, 0.05) is 19.2 Å². The summed E-state index contributed by atoms with van der Waals surface area (Å²) >= 11 is 0. The first kappa shape index (κ1) is 17.1. The van der Waals surface area contributed by atoms with Gasteiger partial charge in [-0.25, -0.2) is 14.4 Å². The first-order valence-corrected chi connectivity index (χ1v) is 7.99. The van der Waals surface area contributed by atoms with Gasteiger partial charge in [0.25, 0.3) is 5.91 Å². The number of nitrogens with zero attached hydrogens (tertiary/aromatic N) is 3. The number of carbonyl (C=O) groups is 1. The fourth-order valence-electron chi connectivity index (χ4n) is 2.38. The van der Waals surface area contributed by atoms with Crippen molar-refractivity contribution in [3.05, 3.63) is 42.5 Å². The molecule has 1 atom stereocenters. The quantitative estimate of drug-likeness (QED) is 0.890. The second kappa shape index (κ2) is 7.89. The van der Waals surface area contributed by atoms with Crippen LogP contribution < -0.4 is 15.0 Å². The largest absolute Gasteiger partial charge is 0.481 e. The van der Waals surface area contributed by atoms with Crippen LogP contribution >= 0.6 is 0 Å². The molecular formula is C17H19FN4O3. The maximum atomic E-state index is 12.9. The Morgan fingerprint density at radius 1 is 1.28 bits per heavy atom. The van der Waals surface area contributed by atoms with Gasteiger partial charge in [0.15, 0.2) is 6.10 Å². The van der Waals surface area contributed by atoms with Gasteiger partial charge in [0.05, 0.1) is 13.2 Å². The maximum absolute atomic E-state index is 12.9. The lowest BCUT2D eigenvalue weighted by atomic mass is 10.3. The molecule has 7 nitrogen and oxygen atoms in total. The Hall–Kier alpha value is -2.74. The maximum Gasteiger partial charge on any atom is 0.266 e. The Bertz CT molecular complexity index is 720. The minimum absolute atomic E-state index is 0.351. The second-order valence-corrected chi connectivity index (χ2v) is 5.56. The molecule has 1 saturated heterocycles. The number of aromatic nitrogens is 2. The molecule has 0 unspecified atom stereocenters. The Morgan fingerprint density at radius 2 is 2.00 bits per heavy atom. The van der Waals surface area contributed by atoms with Gasteiger partial charge in [-0.3, -0.25) is 4.79 Å². The summed E-state index contributed by atoms with van der Waals surface area (Å²) in [5.74, 6) is 0.842. The summed E-state index contributed by atoms with van der Waals surface area (Å²) < 4.78 is 23.7. The highest BCUT2D eigenvalue weighted by Crippen LogP contribution is 2.17. The fraction of sp³-hybridized carbons (Fsp3) is 0.353. The second-order valence-electron chi connectivity index (χ2n) is 5.56. The molecule has 8 heteroatoms. The van der Waals surface area contributed by atoms with Crippen molar-refractivity contribution in [1.82, 2.24) is 9.97 Å². The minimum Gasteiger partial charge on any atom is -0.481 e. The van der Waals surface area contributed by atoms with Crippen LogP contribution in [0.15, 0.2) is 36.7 Å². The number of hydrogen-bond donors (Lipinski definition) is 1. The molecule has 2 aromatic rings.